The number of fused-ring (bicyclic) bond motifs is 3. The van der Waals surface area contributed by atoms with Crippen LogP contribution in [-0.2, 0) is 13.6 Å². The van der Waals surface area contributed by atoms with Crippen molar-refractivity contribution in [2.45, 2.75) is 6.54 Å². The molecule has 0 aliphatic carbocycles. The van der Waals surface area contributed by atoms with Gasteiger partial charge in [-0.2, -0.15) is 0 Å². The maximum Gasteiger partial charge on any atom is 0.0488 e. The Morgan fingerprint density at radius 3 is 1.86 bits per heavy atom. The Morgan fingerprint density at radius 1 is 0.607 bits per heavy atom. The van der Waals surface area contributed by atoms with Crippen LogP contribution in [0.15, 0.2) is 103 Å². The Hall–Kier alpha value is -3.52. The van der Waals surface area contributed by atoms with Crippen molar-refractivity contribution in [3.8, 4) is 0 Å². The van der Waals surface area contributed by atoms with E-state index in [0.29, 0.717) is 0 Å². The zero-order chi connectivity index (χ0) is 18.9. The predicted octanol–water partition coefficient (Wildman–Crippen LogP) is 6.67. The highest BCUT2D eigenvalue weighted by atomic mass is 15.1. The Bertz CT molecular complexity index is 1200. The highest BCUT2D eigenvalue weighted by molar-refractivity contribution is 6.08. The lowest BCUT2D eigenvalue weighted by Gasteiger charge is -2.25. The number of para-hydroxylation sites is 3. The van der Waals surface area contributed by atoms with Crippen molar-refractivity contribution in [1.29, 1.82) is 0 Å². The third kappa shape index (κ3) is 2.84. The lowest BCUT2D eigenvalue weighted by atomic mass is 10.1. The summed E-state index contributed by atoms with van der Waals surface area (Å²) in [5, 5.41) is 2.63. The lowest BCUT2D eigenvalue weighted by Crippen LogP contribution is -2.16. The van der Waals surface area contributed by atoms with Gasteiger partial charge >= 0.3 is 0 Å². The molecule has 2 heteroatoms. The minimum atomic E-state index is 0.827. The topological polar surface area (TPSA) is 8.17 Å². The van der Waals surface area contributed by atoms with E-state index in [1.165, 1.54) is 38.7 Å². The Kier molecular flexibility index (Phi) is 4.10. The molecule has 0 saturated carbocycles. The molecular weight excluding hydrogens is 340 g/mol. The molecule has 136 valence electrons. The molecule has 5 rings (SSSR count). The molecule has 0 N–H and O–H groups in total. The molecule has 0 unspecified atom stereocenters. The van der Waals surface area contributed by atoms with Gasteiger partial charge in [0.05, 0.1) is 0 Å². The summed E-state index contributed by atoms with van der Waals surface area (Å²) in [6.45, 7) is 0.827. The summed E-state index contributed by atoms with van der Waals surface area (Å²) in [6, 6.07) is 36.7. The van der Waals surface area contributed by atoms with Crippen LogP contribution in [0, 0.1) is 0 Å². The van der Waals surface area contributed by atoms with Crippen molar-refractivity contribution in [2.24, 2.45) is 7.05 Å². The lowest BCUT2D eigenvalue weighted by molar-refractivity contribution is 0.975. The number of hydrogen-bond acceptors (Lipinski definition) is 1. The molecule has 0 spiro atoms. The molecule has 0 saturated heterocycles. The molecule has 0 atom stereocenters. The molecule has 0 aliphatic heterocycles. The summed E-state index contributed by atoms with van der Waals surface area (Å²) in [4.78, 5) is 2.37. The highest BCUT2D eigenvalue weighted by Crippen LogP contribution is 2.31. The van der Waals surface area contributed by atoms with Crippen molar-refractivity contribution in [3.63, 3.8) is 0 Å². The quantitative estimate of drug-likeness (QED) is 0.347. The number of hydrogen-bond donors (Lipinski definition) is 0. The monoisotopic (exact) mass is 362 g/mol. The average Bonchev–Trinajstić information content (AvgIpc) is 3.05. The van der Waals surface area contributed by atoms with Crippen LogP contribution in [0.4, 0.5) is 11.4 Å². The molecule has 2 nitrogen and oxygen atoms in total. The van der Waals surface area contributed by atoms with Crippen LogP contribution in [-0.4, -0.2) is 4.57 Å². The second-order valence-corrected chi connectivity index (χ2v) is 7.18. The van der Waals surface area contributed by atoms with Gasteiger partial charge in [0.15, 0.2) is 0 Å². The second kappa shape index (κ2) is 6.90. The summed E-state index contributed by atoms with van der Waals surface area (Å²) in [5.74, 6) is 0. The summed E-state index contributed by atoms with van der Waals surface area (Å²) >= 11 is 0. The van der Waals surface area contributed by atoms with Gasteiger partial charge in [-0.3, -0.25) is 0 Å². The maximum absolute atomic E-state index is 2.37. The van der Waals surface area contributed by atoms with Gasteiger partial charge in [-0.05, 0) is 48.0 Å². The predicted molar refractivity (Wildman–Crippen MR) is 119 cm³/mol. The summed E-state index contributed by atoms with van der Waals surface area (Å²) in [7, 11) is 2.14. The number of aromatic nitrogens is 1. The molecule has 1 aromatic heterocycles. The third-order valence-electron chi connectivity index (χ3n) is 5.45. The Labute approximate surface area is 165 Å². The zero-order valence-electron chi connectivity index (χ0n) is 15.9. The fraction of sp³-hybridized carbons (Fsp3) is 0.0769. The molecule has 0 bridgehead atoms. The van der Waals surface area contributed by atoms with Gasteiger partial charge in [0.2, 0.25) is 0 Å². The van der Waals surface area contributed by atoms with E-state index in [-0.39, 0.29) is 0 Å². The molecule has 5 aromatic rings. The van der Waals surface area contributed by atoms with E-state index < -0.39 is 0 Å². The molecule has 1 heterocycles. The fourth-order valence-corrected chi connectivity index (χ4v) is 4.04. The minimum Gasteiger partial charge on any atom is -0.344 e. The standard InChI is InChI=1S/C26H22N2/c1-27-25-15-9-8-14-23(25)24-18-20(16-17-26(24)27)19-28(21-10-4-2-5-11-21)22-12-6-3-7-13-22/h2-18H,19H2,1H3. The zero-order valence-corrected chi connectivity index (χ0v) is 15.9. The van der Waals surface area contributed by atoms with Crippen LogP contribution < -0.4 is 4.90 Å². The van der Waals surface area contributed by atoms with Gasteiger partial charge in [0.25, 0.3) is 0 Å². The first-order chi connectivity index (χ1) is 13.8. The summed E-state index contributed by atoms with van der Waals surface area (Å²) < 4.78 is 2.28. The minimum absolute atomic E-state index is 0.827. The maximum atomic E-state index is 2.37. The Balaban J connectivity index is 1.61. The van der Waals surface area contributed by atoms with Crippen LogP contribution >= 0.6 is 0 Å². The smallest absolute Gasteiger partial charge is 0.0488 e. The number of anilines is 2. The number of nitrogens with zero attached hydrogens (tertiary/aromatic N) is 2. The van der Waals surface area contributed by atoms with Gasteiger partial charge in [0.1, 0.15) is 0 Å². The molecular formula is C26H22N2. The van der Waals surface area contributed by atoms with E-state index >= 15 is 0 Å². The van der Waals surface area contributed by atoms with Gasteiger partial charge < -0.3 is 9.47 Å². The van der Waals surface area contributed by atoms with Crippen molar-refractivity contribution < 1.29 is 0 Å². The highest BCUT2D eigenvalue weighted by Gasteiger charge is 2.12. The van der Waals surface area contributed by atoms with Crippen molar-refractivity contribution in [1.82, 2.24) is 4.57 Å². The fourth-order valence-electron chi connectivity index (χ4n) is 4.04. The first-order valence-corrected chi connectivity index (χ1v) is 9.65. The average molecular weight is 362 g/mol. The summed E-state index contributed by atoms with van der Waals surface area (Å²) in [5.41, 5.74) is 6.25. The number of aryl methyl sites for hydroxylation is 1. The molecule has 0 amide bonds. The van der Waals surface area contributed by atoms with E-state index in [9.17, 15) is 0 Å². The van der Waals surface area contributed by atoms with Crippen molar-refractivity contribution in [3.05, 3.63) is 109 Å². The van der Waals surface area contributed by atoms with Gasteiger partial charge in [-0.15, -0.1) is 0 Å². The first-order valence-electron chi connectivity index (χ1n) is 9.65. The third-order valence-corrected chi connectivity index (χ3v) is 5.45. The van der Waals surface area contributed by atoms with Gasteiger partial charge in [0, 0.05) is 46.8 Å². The van der Waals surface area contributed by atoms with Crippen LogP contribution in [0.1, 0.15) is 5.56 Å². The second-order valence-electron chi connectivity index (χ2n) is 7.18. The van der Waals surface area contributed by atoms with E-state index in [4.69, 9.17) is 0 Å². The van der Waals surface area contributed by atoms with E-state index in [2.05, 4.69) is 120 Å². The largest absolute Gasteiger partial charge is 0.344 e. The molecule has 0 fully saturated rings. The van der Waals surface area contributed by atoms with Gasteiger partial charge in [-0.1, -0.05) is 60.7 Å². The first kappa shape index (κ1) is 16.6. The van der Waals surface area contributed by atoms with Crippen LogP contribution in [0.5, 0.6) is 0 Å². The number of benzene rings is 4. The summed E-state index contributed by atoms with van der Waals surface area (Å²) in [6.07, 6.45) is 0. The Morgan fingerprint density at radius 2 is 1.18 bits per heavy atom. The number of rotatable bonds is 4. The molecule has 28 heavy (non-hydrogen) atoms. The molecule has 4 aromatic carbocycles. The van der Waals surface area contributed by atoms with Crippen LogP contribution in [0.3, 0.4) is 0 Å². The van der Waals surface area contributed by atoms with Gasteiger partial charge in [-0.25, -0.2) is 0 Å². The van der Waals surface area contributed by atoms with Crippen LogP contribution in [0.25, 0.3) is 21.8 Å². The van der Waals surface area contributed by atoms with Crippen molar-refractivity contribution in [2.75, 3.05) is 4.90 Å². The molecule has 0 radical (unpaired) electrons. The van der Waals surface area contributed by atoms with E-state index in [1.54, 1.807) is 0 Å². The van der Waals surface area contributed by atoms with Crippen molar-refractivity contribution >= 4 is 33.2 Å². The SMILES string of the molecule is Cn1c2ccccc2c2cc(CN(c3ccccc3)c3ccccc3)ccc21. The van der Waals surface area contributed by atoms with E-state index in [0.717, 1.165) is 6.54 Å². The van der Waals surface area contributed by atoms with Crippen LogP contribution in [0.2, 0.25) is 0 Å². The normalized spacial score (nSPS) is 11.2. The van der Waals surface area contributed by atoms with E-state index in [1.807, 2.05) is 0 Å². The molecule has 0 aliphatic rings.